The SMILES string of the molecule is CCc1nc2sc([C@@H](c3cccc(C)c3)[NH+]3CCC(C(=O)OC)CC3)c(O)n2n1. The first-order chi connectivity index (χ1) is 14.0. The molecule has 154 valence electrons. The third-order valence-electron chi connectivity index (χ3n) is 5.77. The number of likely N-dealkylation sites (tertiary alicyclic amines) is 1. The molecule has 0 bridgehead atoms. The van der Waals surface area contributed by atoms with Crippen molar-refractivity contribution in [1.29, 1.82) is 0 Å². The van der Waals surface area contributed by atoms with Crippen LogP contribution in [0.4, 0.5) is 0 Å². The first kappa shape index (κ1) is 19.8. The molecule has 7 nitrogen and oxygen atoms in total. The van der Waals surface area contributed by atoms with Gasteiger partial charge in [-0.05, 0) is 13.0 Å². The van der Waals surface area contributed by atoms with Crippen LogP contribution in [0.25, 0.3) is 4.96 Å². The number of nitrogens with one attached hydrogen (secondary N) is 1. The number of piperidine rings is 1. The molecule has 0 aliphatic carbocycles. The lowest BCUT2D eigenvalue weighted by Gasteiger charge is -2.33. The molecule has 0 radical (unpaired) electrons. The molecule has 1 atom stereocenters. The predicted octanol–water partition coefficient (Wildman–Crippen LogP) is 1.92. The van der Waals surface area contributed by atoms with Gasteiger partial charge >= 0.3 is 5.97 Å². The molecule has 0 spiro atoms. The fraction of sp³-hybridized carbons (Fsp3) is 0.476. The van der Waals surface area contributed by atoms with Crippen molar-refractivity contribution in [2.24, 2.45) is 5.92 Å². The molecule has 0 saturated carbocycles. The van der Waals surface area contributed by atoms with Crippen molar-refractivity contribution in [3.8, 4) is 5.88 Å². The number of thiazole rings is 1. The molecule has 1 aromatic carbocycles. The Labute approximate surface area is 173 Å². The quantitative estimate of drug-likeness (QED) is 0.623. The number of methoxy groups -OCH3 is 1. The van der Waals surface area contributed by atoms with Crippen LogP contribution in [0.5, 0.6) is 5.88 Å². The summed E-state index contributed by atoms with van der Waals surface area (Å²) in [6.07, 6.45) is 2.30. The lowest BCUT2D eigenvalue weighted by atomic mass is 9.93. The Morgan fingerprint density at radius 3 is 2.79 bits per heavy atom. The molecule has 1 saturated heterocycles. The largest absolute Gasteiger partial charge is 0.492 e. The molecular formula is C21H27N4O3S+. The number of quaternary nitrogens is 1. The van der Waals surface area contributed by atoms with Gasteiger partial charge in [-0.25, -0.2) is 4.98 Å². The Morgan fingerprint density at radius 2 is 2.17 bits per heavy atom. The molecular weight excluding hydrogens is 388 g/mol. The second-order valence-electron chi connectivity index (χ2n) is 7.67. The van der Waals surface area contributed by atoms with Crippen LogP contribution in [0.1, 0.15) is 47.6 Å². The van der Waals surface area contributed by atoms with Gasteiger partial charge in [0.15, 0.2) is 11.9 Å². The molecule has 1 aliphatic rings. The first-order valence-electron chi connectivity index (χ1n) is 10.1. The van der Waals surface area contributed by atoms with Crippen LogP contribution in [-0.4, -0.2) is 45.9 Å². The smallest absolute Gasteiger partial charge is 0.309 e. The van der Waals surface area contributed by atoms with Crippen molar-refractivity contribution >= 4 is 22.3 Å². The highest BCUT2D eigenvalue weighted by molar-refractivity contribution is 7.17. The molecule has 2 aromatic heterocycles. The molecule has 2 N–H and O–H groups in total. The van der Waals surface area contributed by atoms with E-state index in [1.165, 1.54) is 28.9 Å². The maximum atomic E-state index is 11.9. The summed E-state index contributed by atoms with van der Waals surface area (Å²) in [5, 5.41) is 15.4. The Bertz CT molecular complexity index is 1020. The highest BCUT2D eigenvalue weighted by Crippen LogP contribution is 2.35. The van der Waals surface area contributed by atoms with E-state index in [0.29, 0.717) is 0 Å². The highest BCUT2D eigenvalue weighted by Gasteiger charge is 2.37. The zero-order valence-corrected chi connectivity index (χ0v) is 17.8. The number of carbonyl (C=O) groups is 1. The topological polar surface area (TPSA) is 81.2 Å². The van der Waals surface area contributed by atoms with Gasteiger partial charge in [-0.3, -0.25) is 4.79 Å². The number of rotatable bonds is 5. The number of ether oxygens (including phenoxy) is 1. The van der Waals surface area contributed by atoms with E-state index in [9.17, 15) is 9.90 Å². The molecule has 1 aliphatic heterocycles. The van der Waals surface area contributed by atoms with Crippen molar-refractivity contribution in [2.45, 2.75) is 39.2 Å². The number of fused-ring (bicyclic) bond motifs is 1. The predicted molar refractivity (Wildman–Crippen MR) is 110 cm³/mol. The normalized spacial score (nSPS) is 20.7. The fourth-order valence-electron chi connectivity index (χ4n) is 4.23. The minimum absolute atomic E-state index is 0.0212. The van der Waals surface area contributed by atoms with Crippen LogP contribution in [0, 0.1) is 12.8 Å². The number of hydrogen-bond acceptors (Lipinski definition) is 6. The number of aromatic nitrogens is 3. The van der Waals surface area contributed by atoms with Crippen LogP contribution in [0.2, 0.25) is 0 Å². The minimum Gasteiger partial charge on any atom is -0.492 e. The molecule has 29 heavy (non-hydrogen) atoms. The van der Waals surface area contributed by atoms with Crippen molar-refractivity contribution < 1.29 is 19.5 Å². The molecule has 8 heteroatoms. The molecule has 4 rings (SSSR count). The Hall–Kier alpha value is -2.45. The number of carbonyl (C=O) groups excluding carboxylic acids is 1. The average Bonchev–Trinajstić information content (AvgIpc) is 3.27. The Morgan fingerprint density at radius 1 is 1.41 bits per heavy atom. The van der Waals surface area contributed by atoms with Crippen molar-refractivity contribution in [3.05, 3.63) is 46.1 Å². The molecule has 3 heterocycles. The van der Waals surface area contributed by atoms with Crippen LogP contribution in [0.3, 0.4) is 0 Å². The summed E-state index contributed by atoms with van der Waals surface area (Å²) < 4.78 is 6.49. The van der Waals surface area contributed by atoms with Crippen molar-refractivity contribution in [3.63, 3.8) is 0 Å². The third-order valence-corrected chi connectivity index (χ3v) is 6.85. The van der Waals surface area contributed by atoms with E-state index >= 15 is 0 Å². The number of aromatic hydroxyl groups is 1. The summed E-state index contributed by atoms with van der Waals surface area (Å²) in [6.45, 7) is 5.76. The van der Waals surface area contributed by atoms with Gasteiger partial charge in [0.1, 0.15) is 4.88 Å². The monoisotopic (exact) mass is 415 g/mol. The summed E-state index contributed by atoms with van der Waals surface area (Å²) in [5.74, 6) is 0.748. The summed E-state index contributed by atoms with van der Waals surface area (Å²) in [5.41, 5.74) is 2.34. The number of aryl methyl sites for hydroxylation is 2. The molecule has 0 unspecified atom stereocenters. The molecule has 3 aromatic rings. The van der Waals surface area contributed by atoms with Gasteiger partial charge in [-0.15, -0.1) is 5.10 Å². The number of hydrogen-bond donors (Lipinski definition) is 2. The van der Waals surface area contributed by atoms with Crippen molar-refractivity contribution in [2.75, 3.05) is 20.2 Å². The van der Waals surface area contributed by atoms with Gasteiger partial charge in [-0.2, -0.15) is 4.52 Å². The summed E-state index contributed by atoms with van der Waals surface area (Å²) in [7, 11) is 1.45. The van der Waals surface area contributed by atoms with Crippen LogP contribution in [-0.2, 0) is 16.0 Å². The van der Waals surface area contributed by atoms with Gasteiger partial charge in [0, 0.05) is 24.8 Å². The van der Waals surface area contributed by atoms with Crippen LogP contribution >= 0.6 is 11.3 Å². The number of esters is 1. The van der Waals surface area contributed by atoms with Gasteiger partial charge < -0.3 is 14.7 Å². The molecule has 1 fully saturated rings. The van der Waals surface area contributed by atoms with E-state index in [1.807, 2.05) is 6.92 Å². The van der Waals surface area contributed by atoms with Crippen molar-refractivity contribution in [1.82, 2.24) is 14.6 Å². The molecule has 0 amide bonds. The second-order valence-corrected chi connectivity index (χ2v) is 8.68. The Kier molecular flexibility index (Phi) is 5.56. The minimum atomic E-state index is -0.120. The Balaban J connectivity index is 1.71. The fourth-order valence-corrected chi connectivity index (χ4v) is 5.39. The number of nitrogens with zero attached hydrogens (tertiary/aromatic N) is 3. The van der Waals surface area contributed by atoms with Gasteiger partial charge in [0.25, 0.3) is 0 Å². The van der Waals surface area contributed by atoms with E-state index in [0.717, 1.165) is 53.6 Å². The zero-order valence-electron chi connectivity index (χ0n) is 17.0. The lowest BCUT2D eigenvalue weighted by molar-refractivity contribution is -0.930. The summed E-state index contributed by atoms with van der Waals surface area (Å²) >= 11 is 1.50. The van der Waals surface area contributed by atoms with E-state index in [2.05, 4.69) is 41.3 Å². The highest BCUT2D eigenvalue weighted by atomic mass is 32.1. The maximum Gasteiger partial charge on any atom is 0.309 e. The lowest BCUT2D eigenvalue weighted by Crippen LogP contribution is -3.13. The van der Waals surface area contributed by atoms with Crippen LogP contribution < -0.4 is 4.90 Å². The zero-order chi connectivity index (χ0) is 20.5. The van der Waals surface area contributed by atoms with E-state index in [4.69, 9.17) is 4.74 Å². The first-order valence-corrected chi connectivity index (χ1v) is 10.9. The third kappa shape index (κ3) is 3.74. The maximum absolute atomic E-state index is 11.9. The van der Waals surface area contributed by atoms with Gasteiger partial charge in [-0.1, -0.05) is 42.0 Å². The number of benzene rings is 1. The van der Waals surface area contributed by atoms with E-state index < -0.39 is 0 Å². The van der Waals surface area contributed by atoms with E-state index in [1.54, 1.807) is 4.52 Å². The second kappa shape index (κ2) is 8.12. The van der Waals surface area contributed by atoms with Gasteiger partial charge in [0.05, 0.1) is 26.1 Å². The summed E-state index contributed by atoms with van der Waals surface area (Å²) in [6, 6.07) is 8.41. The summed E-state index contributed by atoms with van der Waals surface area (Å²) in [4.78, 5) is 19.4. The van der Waals surface area contributed by atoms with Crippen LogP contribution in [0.15, 0.2) is 24.3 Å². The average molecular weight is 416 g/mol. The van der Waals surface area contributed by atoms with E-state index in [-0.39, 0.29) is 23.8 Å². The van der Waals surface area contributed by atoms with Gasteiger partial charge in [0.2, 0.25) is 10.8 Å². The standard InChI is InChI=1S/C21H26N4O3S/c1-4-16-22-21-25(23-16)19(26)18(29-21)17(15-7-5-6-13(2)12-15)24-10-8-14(9-11-24)20(27)28-3/h5-7,12,14,17,26H,4,8-11H2,1-3H3/p+1/t17-/m1/s1.